The number of carbonyl (C=O) groups is 2. The summed E-state index contributed by atoms with van der Waals surface area (Å²) in [4.78, 5) is 34.8. The highest BCUT2D eigenvalue weighted by Gasteiger charge is 2.26. The molecule has 0 aliphatic heterocycles. The molecule has 2 aromatic carbocycles. The van der Waals surface area contributed by atoms with Crippen molar-refractivity contribution in [1.29, 1.82) is 0 Å². The third-order valence-electron chi connectivity index (χ3n) is 3.51. The van der Waals surface area contributed by atoms with Crippen LogP contribution in [0.5, 0.6) is 5.75 Å². The summed E-state index contributed by atoms with van der Waals surface area (Å²) in [5.41, 5.74) is 0.290. The van der Waals surface area contributed by atoms with Crippen LogP contribution in [0, 0.1) is 10.1 Å². The van der Waals surface area contributed by atoms with E-state index in [0.29, 0.717) is 5.56 Å². The van der Waals surface area contributed by atoms with Crippen LogP contribution in [0.3, 0.4) is 0 Å². The van der Waals surface area contributed by atoms with Crippen LogP contribution in [0.1, 0.15) is 15.9 Å². The van der Waals surface area contributed by atoms with Crippen molar-refractivity contribution in [3.8, 4) is 5.75 Å². The second kappa shape index (κ2) is 7.91. The lowest BCUT2D eigenvalue weighted by molar-refractivity contribution is -0.385. The molecule has 0 bridgehead atoms. The van der Waals surface area contributed by atoms with Crippen molar-refractivity contribution < 1.29 is 24.4 Å². The second-order valence-corrected chi connectivity index (χ2v) is 5.19. The monoisotopic (exact) mass is 344 g/mol. The molecule has 2 N–H and O–H groups in total. The quantitative estimate of drug-likeness (QED) is 0.469. The number of phenols is 1. The molecule has 0 saturated heterocycles. The van der Waals surface area contributed by atoms with E-state index in [1.165, 1.54) is 42.5 Å². The van der Waals surface area contributed by atoms with Gasteiger partial charge in [-0.3, -0.25) is 14.9 Å². The van der Waals surface area contributed by atoms with Gasteiger partial charge in [0.2, 0.25) is 0 Å². The molecule has 25 heavy (non-hydrogen) atoms. The van der Waals surface area contributed by atoms with E-state index in [-0.39, 0.29) is 23.4 Å². The van der Waals surface area contributed by atoms with E-state index >= 15 is 0 Å². The van der Waals surface area contributed by atoms with E-state index in [9.17, 15) is 24.8 Å². The van der Waals surface area contributed by atoms with E-state index in [2.05, 4.69) is 10.1 Å². The van der Waals surface area contributed by atoms with Gasteiger partial charge < -0.3 is 15.2 Å². The molecular weight excluding hydrogens is 328 g/mol. The molecule has 0 unspecified atom stereocenters. The van der Waals surface area contributed by atoms with Gasteiger partial charge >= 0.3 is 5.97 Å². The number of amides is 1. The van der Waals surface area contributed by atoms with Gasteiger partial charge in [0.25, 0.3) is 11.6 Å². The van der Waals surface area contributed by atoms with Crippen molar-refractivity contribution in [1.82, 2.24) is 5.32 Å². The number of carbonyl (C=O) groups excluding carboxylic acids is 2. The number of methoxy groups -OCH3 is 1. The summed E-state index contributed by atoms with van der Waals surface area (Å²) >= 11 is 0. The fourth-order valence-corrected chi connectivity index (χ4v) is 2.31. The van der Waals surface area contributed by atoms with Crippen molar-refractivity contribution >= 4 is 17.6 Å². The van der Waals surface area contributed by atoms with Crippen LogP contribution in [0.15, 0.2) is 48.5 Å². The molecular formula is C17H16N2O6. The lowest BCUT2D eigenvalue weighted by Gasteiger charge is -2.16. The average molecular weight is 344 g/mol. The van der Waals surface area contributed by atoms with Crippen LogP contribution >= 0.6 is 0 Å². The summed E-state index contributed by atoms with van der Waals surface area (Å²) in [5, 5.41) is 23.0. The third kappa shape index (κ3) is 4.54. The fraction of sp³-hybridized carbons (Fsp3) is 0.176. The minimum Gasteiger partial charge on any atom is -0.508 e. The topological polar surface area (TPSA) is 119 Å². The highest BCUT2D eigenvalue weighted by atomic mass is 16.6. The predicted octanol–water partition coefficient (Wildman–Crippen LogP) is 1.81. The summed E-state index contributed by atoms with van der Waals surface area (Å²) in [6, 6.07) is 10.4. The van der Waals surface area contributed by atoms with Gasteiger partial charge in [0.15, 0.2) is 0 Å². The first kappa shape index (κ1) is 17.9. The average Bonchev–Trinajstić information content (AvgIpc) is 2.60. The first-order valence-electron chi connectivity index (χ1n) is 7.32. The maximum atomic E-state index is 12.3. The van der Waals surface area contributed by atoms with Gasteiger partial charge in [-0.05, 0) is 18.2 Å². The first-order chi connectivity index (χ1) is 11.9. The molecule has 0 saturated carbocycles. The zero-order valence-electron chi connectivity index (χ0n) is 13.3. The van der Waals surface area contributed by atoms with Crippen molar-refractivity contribution in [3.63, 3.8) is 0 Å². The molecule has 0 fully saturated rings. The van der Waals surface area contributed by atoms with Crippen LogP contribution < -0.4 is 5.32 Å². The zero-order chi connectivity index (χ0) is 18.4. The van der Waals surface area contributed by atoms with E-state index in [1.54, 1.807) is 6.07 Å². The lowest BCUT2D eigenvalue weighted by atomic mass is 10.0. The molecule has 0 aliphatic carbocycles. The third-order valence-corrected chi connectivity index (χ3v) is 3.51. The Bertz CT molecular complexity index is 805. The highest BCUT2D eigenvalue weighted by molar-refractivity contribution is 5.97. The number of nitro benzene ring substituents is 1. The van der Waals surface area contributed by atoms with Crippen LogP contribution in [-0.2, 0) is 16.0 Å². The van der Waals surface area contributed by atoms with Gasteiger partial charge in [-0.25, -0.2) is 4.79 Å². The normalized spacial score (nSPS) is 11.4. The SMILES string of the molecule is COC(=O)[C@H](Cc1ccccc1[N+](=O)[O-])NC(=O)c1cccc(O)c1. The molecule has 130 valence electrons. The zero-order valence-corrected chi connectivity index (χ0v) is 13.3. The van der Waals surface area contributed by atoms with Crippen molar-refractivity contribution in [2.45, 2.75) is 12.5 Å². The number of rotatable bonds is 6. The van der Waals surface area contributed by atoms with Gasteiger partial charge in [-0.1, -0.05) is 24.3 Å². The fourth-order valence-electron chi connectivity index (χ4n) is 2.31. The smallest absolute Gasteiger partial charge is 0.328 e. The van der Waals surface area contributed by atoms with Crippen molar-refractivity contribution in [3.05, 3.63) is 69.8 Å². The van der Waals surface area contributed by atoms with Gasteiger partial charge in [-0.15, -0.1) is 0 Å². The molecule has 1 atom stereocenters. The largest absolute Gasteiger partial charge is 0.508 e. The molecule has 0 spiro atoms. The van der Waals surface area contributed by atoms with E-state index in [1.807, 2.05) is 0 Å². The number of esters is 1. The predicted molar refractivity (Wildman–Crippen MR) is 88.2 cm³/mol. The summed E-state index contributed by atoms with van der Waals surface area (Å²) in [7, 11) is 1.16. The first-order valence-corrected chi connectivity index (χ1v) is 7.32. The minimum atomic E-state index is -1.11. The van der Waals surface area contributed by atoms with E-state index in [0.717, 1.165) is 7.11 Å². The van der Waals surface area contributed by atoms with Gasteiger partial charge in [0.05, 0.1) is 12.0 Å². The maximum absolute atomic E-state index is 12.3. The minimum absolute atomic E-state index is 0.0963. The van der Waals surface area contributed by atoms with Crippen LogP contribution in [0.4, 0.5) is 5.69 Å². The number of para-hydroxylation sites is 1. The van der Waals surface area contributed by atoms with Gasteiger partial charge in [0.1, 0.15) is 11.8 Å². The lowest BCUT2D eigenvalue weighted by Crippen LogP contribution is -2.43. The molecule has 2 aromatic rings. The van der Waals surface area contributed by atoms with Crippen LogP contribution in [0.25, 0.3) is 0 Å². The van der Waals surface area contributed by atoms with Crippen LogP contribution in [0.2, 0.25) is 0 Å². The molecule has 2 rings (SSSR count). The molecule has 0 aromatic heterocycles. The maximum Gasteiger partial charge on any atom is 0.328 e. The van der Waals surface area contributed by atoms with Gasteiger partial charge in [0, 0.05) is 23.6 Å². The Labute approximate surface area is 143 Å². The Balaban J connectivity index is 2.24. The number of hydrogen-bond acceptors (Lipinski definition) is 6. The number of ether oxygens (including phenoxy) is 1. The number of hydrogen-bond donors (Lipinski definition) is 2. The molecule has 1 amide bonds. The summed E-state index contributed by atoms with van der Waals surface area (Å²) in [5.74, 6) is -1.43. The van der Waals surface area contributed by atoms with Crippen molar-refractivity contribution in [2.24, 2.45) is 0 Å². The molecule has 8 nitrogen and oxygen atoms in total. The number of aromatic hydroxyl groups is 1. The molecule has 0 radical (unpaired) electrons. The summed E-state index contributed by atoms with van der Waals surface area (Å²) < 4.78 is 4.67. The van der Waals surface area contributed by atoms with Gasteiger partial charge in [-0.2, -0.15) is 0 Å². The van der Waals surface area contributed by atoms with Crippen LogP contribution in [-0.4, -0.2) is 35.1 Å². The Kier molecular flexibility index (Phi) is 5.67. The van der Waals surface area contributed by atoms with E-state index in [4.69, 9.17) is 0 Å². The Morgan fingerprint density at radius 3 is 2.60 bits per heavy atom. The molecule has 0 aliphatic rings. The number of nitro groups is 1. The number of nitrogens with one attached hydrogen (secondary N) is 1. The molecule has 0 heterocycles. The number of nitrogens with zero attached hydrogens (tertiary/aromatic N) is 1. The highest BCUT2D eigenvalue weighted by Crippen LogP contribution is 2.20. The number of phenolic OH excluding ortho intramolecular Hbond substituents is 1. The van der Waals surface area contributed by atoms with E-state index < -0.39 is 22.8 Å². The Morgan fingerprint density at radius 1 is 1.24 bits per heavy atom. The number of benzene rings is 2. The summed E-state index contributed by atoms with van der Waals surface area (Å²) in [6.45, 7) is 0. The standard InChI is InChI=1S/C17H16N2O6/c1-25-17(22)14(10-11-5-2-3-8-15(11)19(23)24)18-16(21)12-6-4-7-13(20)9-12/h2-9,14,20H,10H2,1H3,(H,18,21)/t14-/m0/s1. The molecule has 8 heteroatoms. The Hall–Kier alpha value is -3.42. The second-order valence-electron chi connectivity index (χ2n) is 5.19. The van der Waals surface area contributed by atoms with Crippen molar-refractivity contribution in [2.75, 3.05) is 7.11 Å². The summed E-state index contributed by atoms with van der Waals surface area (Å²) in [6.07, 6.45) is -0.103. The Morgan fingerprint density at radius 2 is 1.96 bits per heavy atom.